The van der Waals surface area contributed by atoms with Gasteiger partial charge in [0, 0.05) is 0 Å². The van der Waals surface area contributed by atoms with Gasteiger partial charge in [0.25, 0.3) is 0 Å². The van der Waals surface area contributed by atoms with Gasteiger partial charge < -0.3 is 10.8 Å². The van der Waals surface area contributed by atoms with Crippen LogP contribution in [0.15, 0.2) is 0 Å². The lowest BCUT2D eigenvalue weighted by atomic mass is 10.2. The van der Waals surface area contributed by atoms with E-state index in [-0.39, 0.29) is 5.92 Å². The molecule has 0 fully saturated rings. The summed E-state index contributed by atoms with van der Waals surface area (Å²) in [5.74, 6) is -0.972. The monoisotopic (exact) mass is 133 g/mol. The molecule has 3 nitrogen and oxygen atoms in total. The number of carbonyl (C=O) groups is 1. The maximum atomic E-state index is 9.70. The highest BCUT2D eigenvalue weighted by atomic mass is 16.4. The molecule has 0 aliphatic carbocycles. The number of rotatable bonds is 1. The fourth-order valence-electron chi connectivity index (χ4n) is 0. The number of carboxylic acid groups (broad SMARTS) is 1. The van der Waals surface area contributed by atoms with Gasteiger partial charge in [0.2, 0.25) is 0 Å². The molecule has 0 atom stereocenters. The van der Waals surface area contributed by atoms with Crippen molar-refractivity contribution >= 4 is 5.97 Å². The number of nitrogens with two attached hydrogens (primary N) is 1. The van der Waals surface area contributed by atoms with Crippen LogP contribution in [0.2, 0.25) is 0 Å². The van der Waals surface area contributed by atoms with Gasteiger partial charge in [-0.2, -0.15) is 0 Å². The molecular formula is C6H15NO2. The van der Waals surface area contributed by atoms with Crippen molar-refractivity contribution in [2.75, 3.05) is 6.54 Å². The Kier molecular flexibility index (Phi) is 9.29. The van der Waals surface area contributed by atoms with Gasteiger partial charge in [-0.1, -0.05) is 20.8 Å². The summed E-state index contributed by atoms with van der Waals surface area (Å²) in [5.41, 5.74) is 4.85. The summed E-state index contributed by atoms with van der Waals surface area (Å²) in [4.78, 5) is 9.70. The van der Waals surface area contributed by atoms with E-state index in [1.54, 1.807) is 13.8 Å². The van der Waals surface area contributed by atoms with Crippen LogP contribution in [-0.2, 0) is 4.79 Å². The van der Waals surface area contributed by atoms with Crippen LogP contribution in [0.3, 0.4) is 0 Å². The van der Waals surface area contributed by atoms with E-state index >= 15 is 0 Å². The fourth-order valence-corrected chi connectivity index (χ4v) is 0. The van der Waals surface area contributed by atoms with Crippen molar-refractivity contribution in [3.05, 3.63) is 0 Å². The van der Waals surface area contributed by atoms with Crippen LogP contribution in [0, 0.1) is 5.92 Å². The average Bonchev–Trinajstić information content (AvgIpc) is 1.68. The average molecular weight is 133 g/mol. The molecule has 9 heavy (non-hydrogen) atoms. The third-order valence-electron chi connectivity index (χ3n) is 0.494. The SMILES string of the molecule is CC(C)C(=O)O.CCN. The minimum absolute atomic E-state index is 0.231. The highest BCUT2D eigenvalue weighted by molar-refractivity contribution is 5.68. The predicted octanol–water partition coefficient (Wildman–Crippen LogP) is 0.692. The standard InChI is InChI=1S/C4H8O2.C2H7N/c1-3(2)4(5)6;1-2-3/h3H,1-2H3,(H,5,6);2-3H2,1H3. The minimum Gasteiger partial charge on any atom is -0.481 e. The summed E-state index contributed by atoms with van der Waals surface area (Å²) < 4.78 is 0. The topological polar surface area (TPSA) is 63.3 Å². The van der Waals surface area contributed by atoms with Crippen LogP contribution in [0.25, 0.3) is 0 Å². The second-order valence-corrected chi connectivity index (χ2v) is 1.90. The first-order valence-electron chi connectivity index (χ1n) is 2.99. The van der Waals surface area contributed by atoms with Crippen LogP contribution < -0.4 is 5.73 Å². The number of hydrogen-bond donors (Lipinski definition) is 2. The first kappa shape index (κ1) is 11.3. The lowest BCUT2D eigenvalue weighted by Crippen LogP contribution is -2.03. The summed E-state index contributed by atoms with van der Waals surface area (Å²) in [5, 5.41) is 7.99. The molecule has 3 heteroatoms. The Hall–Kier alpha value is -0.570. The molecule has 0 bridgehead atoms. The zero-order chi connectivity index (χ0) is 7.86. The maximum absolute atomic E-state index is 9.70. The molecule has 0 heterocycles. The van der Waals surface area contributed by atoms with Crippen molar-refractivity contribution in [1.29, 1.82) is 0 Å². The van der Waals surface area contributed by atoms with Crippen molar-refractivity contribution in [1.82, 2.24) is 0 Å². The lowest BCUT2D eigenvalue weighted by molar-refractivity contribution is -0.140. The third kappa shape index (κ3) is 18.6. The quantitative estimate of drug-likeness (QED) is 0.553. The molecule has 0 aliphatic heterocycles. The Bertz CT molecular complexity index is 71.5. The summed E-state index contributed by atoms with van der Waals surface area (Å²) in [6.07, 6.45) is 0. The van der Waals surface area contributed by atoms with E-state index < -0.39 is 5.97 Å². The molecule has 56 valence electrons. The first-order chi connectivity index (χ1) is 4.06. The van der Waals surface area contributed by atoms with E-state index in [0.717, 1.165) is 6.54 Å². The highest BCUT2D eigenvalue weighted by Gasteiger charge is 1.99. The van der Waals surface area contributed by atoms with Gasteiger partial charge in [-0.05, 0) is 6.54 Å². The summed E-state index contributed by atoms with van der Waals surface area (Å²) in [6.45, 7) is 5.94. The molecule has 0 aromatic rings. The molecule has 0 unspecified atom stereocenters. The zero-order valence-electron chi connectivity index (χ0n) is 6.22. The molecule has 0 radical (unpaired) electrons. The van der Waals surface area contributed by atoms with Crippen molar-refractivity contribution in [3.63, 3.8) is 0 Å². The van der Waals surface area contributed by atoms with Crippen molar-refractivity contribution in [2.45, 2.75) is 20.8 Å². The normalized spacial score (nSPS) is 8.11. The lowest BCUT2D eigenvalue weighted by Gasteiger charge is -1.89. The van der Waals surface area contributed by atoms with Crippen LogP contribution in [-0.4, -0.2) is 17.6 Å². The molecule has 0 aromatic heterocycles. The summed E-state index contributed by atoms with van der Waals surface area (Å²) >= 11 is 0. The Morgan fingerprint density at radius 1 is 1.67 bits per heavy atom. The molecule has 0 aromatic carbocycles. The van der Waals surface area contributed by atoms with Gasteiger partial charge in [0.15, 0.2) is 0 Å². The Morgan fingerprint density at radius 2 is 1.78 bits per heavy atom. The minimum atomic E-state index is -0.741. The second-order valence-electron chi connectivity index (χ2n) is 1.90. The predicted molar refractivity (Wildman–Crippen MR) is 37.2 cm³/mol. The van der Waals surface area contributed by atoms with E-state index in [9.17, 15) is 4.79 Å². The number of aliphatic carboxylic acids is 1. The van der Waals surface area contributed by atoms with E-state index in [4.69, 9.17) is 10.8 Å². The maximum Gasteiger partial charge on any atom is 0.305 e. The molecule has 0 amide bonds. The van der Waals surface area contributed by atoms with Gasteiger partial charge in [-0.25, -0.2) is 0 Å². The van der Waals surface area contributed by atoms with Crippen LogP contribution in [0.4, 0.5) is 0 Å². The highest BCUT2D eigenvalue weighted by Crippen LogP contribution is 1.87. The van der Waals surface area contributed by atoms with Crippen molar-refractivity contribution in [3.8, 4) is 0 Å². The summed E-state index contributed by atoms with van der Waals surface area (Å²) in [7, 11) is 0. The molecule has 3 N–H and O–H groups in total. The summed E-state index contributed by atoms with van der Waals surface area (Å²) in [6, 6.07) is 0. The zero-order valence-corrected chi connectivity index (χ0v) is 6.22. The van der Waals surface area contributed by atoms with Gasteiger partial charge in [0.05, 0.1) is 5.92 Å². The molecule has 0 aliphatic rings. The molecule has 0 saturated carbocycles. The van der Waals surface area contributed by atoms with Crippen LogP contribution in [0.1, 0.15) is 20.8 Å². The number of carboxylic acids is 1. The van der Waals surface area contributed by atoms with Gasteiger partial charge in [0.1, 0.15) is 0 Å². The Morgan fingerprint density at radius 3 is 1.78 bits per heavy atom. The molecular weight excluding hydrogens is 118 g/mol. The van der Waals surface area contributed by atoms with E-state index in [1.807, 2.05) is 6.92 Å². The largest absolute Gasteiger partial charge is 0.481 e. The van der Waals surface area contributed by atoms with E-state index in [0.29, 0.717) is 0 Å². The van der Waals surface area contributed by atoms with E-state index in [2.05, 4.69) is 0 Å². The second kappa shape index (κ2) is 7.43. The molecule has 0 rings (SSSR count). The molecule has 0 saturated heterocycles. The molecule has 0 spiro atoms. The van der Waals surface area contributed by atoms with Crippen LogP contribution in [0.5, 0.6) is 0 Å². The Labute approximate surface area is 55.9 Å². The van der Waals surface area contributed by atoms with Gasteiger partial charge >= 0.3 is 5.97 Å². The first-order valence-corrected chi connectivity index (χ1v) is 2.99. The smallest absolute Gasteiger partial charge is 0.305 e. The third-order valence-corrected chi connectivity index (χ3v) is 0.494. The van der Waals surface area contributed by atoms with Crippen molar-refractivity contribution in [2.24, 2.45) is 11.7 Å². The fraction of sp³-hybridized carbons (Fsp3) is 0.833. The van der Waals surface area contributed by atoms with Crippen molar-refractivity contribution < 1.29 is 9.90 Å². The van der Waals surface area contributed by atoms with Gasteiger partial charge in [-0.15, -0.1) is 0 Å². The number of hydrogen-bond acceptors (Lipinski definition) is 2. The van der Waals surface area contributed by atoms with Crippen LogP contribution >= 0.6 is 0 Å². The van der Waals surface area contributed by atoms with E-state index in [1.165, 1.54) is 0 Å². The van der Waals surface area contributed by atoms with Gasteiger partial charge in [-0.3, -0.25) is 4.79 Å². The Balaban J connectivity index is 0.